The van der Waals surface area contributed by atoms with E-state index in [0.29, 0.717) is 0 Å². The van der Waals surface area contributed by atoms with Gasteiger partial charge in [-0.05, 0) is 0 Å². The van der Waals surface area contributed by atoms with E-state index in [2.05, 4.69) is 6.07 Å². The molecule has 3 rings (SSSR count). The molecule has 0 spiro atoms. The van der Waals surface area contributed by atoms with Crippen molar-refractivity contribution in [2.24, 2.45) is 17.8 Å². The van der Waals surface area contributed by atoms with Crippen molar-refractivity contribution in [2.75, 3.05) is 0 Å². The van der Waals surface area contributed by atoms with Crippen LogP contribution in [0.3, 0.4) is 0 Å². The Balaban J connectivity index is 1.88. The number of aliphatic hydroxyl groups is 2. The van der Waals surface area contributed by atoms with E-state index < -0.39 is 12.2 Å². The number of epoxide rings is 1. The largest absolute Gasteiger partial charge is 0.390 e. The number of rotatable bonds is 0. The van der Waals surface area contributed by atoms with E-state index in [1.54, 1.807) is 0 Å². The average molecular weight is 167 g/mol. The number of ether oxygens (including phenoxy) is 1. The predicted molar refractivity (Wildman–Crippen MR) is 36.8 cm³/mol. The SMILES string of the molecule is N#CC1C2C(O)C3OC3C(O)C12. The monoisotopic (exact) mass is 167 g/mol. The van der Waals surface area contributed by atoms with Gasteiger partial charge in [-0.15, -0.1) is 0 Å². The molecule has 0 radical (unpaired) electrons. The maximum atomic E-state index is 9.56. The molecule has 2 saturated carbocycles. The van der Waals surface area contributed by atoms with Crippen molar-refractivity contribution in [1.29, 1.82) is 5.26 Å². The van der Waals surface area contributed by atoms with Crippen LogP contribution in [0.4, 0.5) is 0 Å². The summed E-state index contributed by atoms with van der Waals surface area (Å²) in [4.78, 5) is 0. The Kier molecular flexibility index (Phi) is 1.04. The van der Waals surface area contributed by atoms with Gasteiger partial charge in [0.05, 0.1) is 24.2 Å². The Hall–Kier alpha value is -0.630. The van der Waals surface area contributed by atoms with Crippen LogP contribution in [0.15, 0.2) is 0 Å². The molecule has 0 amide bonds. The van der Waals surface area contributed by atoms with E-state index in [1.807, 2.05) is 0 Å². The topological polar surface area (TPSA) is 76.8 Å². The quantitative estimate of drug-likeness (QED) is 0.448. The highest BCUT2D eigenvalue weighted by atomic mass is 16.6. The number of aliphatic hydroxyl groups excluding tert-OH is 2. The van der Waals surface area contributed by atoms with Crippen LogP contribution in [0, 0.1) is 29.1 Å². The zero-order chi connectivity index (χ0) is 8.46. The van der Waals surface area contributed by atoms with Crippen LogP contribution in [-0.2, 0) is 4.74 Å². The minimum Gasteiger partial charge on any atom is -0.390 e. The summed E-state index contributed by atoms with van der Waals surface area (Å²) in [7, 11) is 0. The fourth-order valence-corrected chi connectivity index (χ4v) is 2.54. The molecule has 0 aromatic carbocycles. The van der Waals surface area contributed by atoms with E-state index in [4.69, 9.17) is 10.00 Å². The van der Waals surface area contributed by atoms with E-state index in [1.165, 1.54) is 0 Å². The van der Waals surface area contributed by atoms with Crippen LogP contribution < -0.4 is 0 Å². The highest BCUT2D eigenvalue weighted by Crippen LogP contribution is 2.60. The van der Waals surface area contributed by atoms with Crippen molar-refractivity contribution < 1.29 is 14.9 Å². The summed E-state index contributed by atoms with van der Waals surface area (Å²) in [5, 5.41) is 27.8. The summed E-state index contributed by atoms with van der Waals surface area (Å²) >= 11 is 0. The molecule has 3 aliphatic rings. The lowest BCUT2D eigenvalue weighted by Crippen LogP contribution is -2.33. The summed E-state index contributed by atoms with van der Waals surface area (Å²) in [6.45, 7) is 0. The second-order valence-corrected chi connectivity index (χ2v) is 3.86. The maximum absolute atomic E-state index is 9.56. The van der Waals surface area contributed by atoms with Crippen LogP contribution in [0.5, 0.6) is 0 Å². The highest BCUT2D eigenvalue weighted by Gasteiger charge is 2.71. The summed E-state index contributed by atoms with van der Waals surface area (Å²) in [5.41, 5.74) is 0. The minimum atomic E-state index is -0.520. The van der Waals surface area contributed by atoms with Crippen molar-refractivity contribution in [3.63, 3.8) is 0 Å². The third-order valence-electron chi connectivity index (χ3n) is 3.31. The van der Waals surface area contributed by atoms with Gasteiger partial charge in [-0.2, -0.15) is 5.26 Å². The van der Waals surface area contributed by atoms with Crippen LogP contribution in [0.1, 0.15) is 0 Å². The molecule has 0 aromatic heterocycles. The van der Waals surface area contributed by atoms with Crippen molar-refractivity contribution in [3.05, 3.63) is 0 Å². The number of hydrogen-bond acceptors (Lipinski definition) is 4. The predicted octanol–water partition coefficient (Wildman–Crippen LogP) is -1.13. The van der Waals surface area contributed by atoms with Gasteiger partial charge in [0, 0.05) is 11.8 Å². The van der Waals surface area contributed by atoms with Crippen LogP contribution >= 0.6 is 0 Å². The van der Waals surface area contributed by atoms with Crippen LogP contribution in [0.25, 0.3) is 0 Å². The van der Waals surface area contributed by atoms with Gasteiger partial charge in [-0.3, -0.25) is 0 Å². The standard InChI is InChI=1S/C8H9NO3/c9-1-2-3-4(2)6(11)8-7(12-8)5(3)10/h2-8,10-11H. The lowest BCUT2D eigenvalue weighted by molar-refractivity contribution is 0.0703. The fourth-order valence-electron chi connectivity index (χ4n) is 2.54. The van der Waals surface area contributed by atoms with Crippen molar-refractivity contribution in [2.45, 2.75) is 24.4 Å². The zero-order valence-electron chi connectivity index (χ0n) is 6.29. The molecule has 1 aliphatic heterocycles. The Bertz CT molecular complexity index is 254. The molecule has 6 atom stereocenters. The first kappa shape index (κ1) is 6.84. The molecule has 1 saturated heterocycles. The Morgan fingerprint density at radius 3 is 2.00 bits per heavy atom. The van der Waals surface area contributed by atoms with Gasteiger partial charge in [-0.25, -0.2) is 0 Å². The second kappa shape index (κ2) is 1.82. The first-order chi connectivity index (χ1) is 5.75. The molecule has 6 unspecified atom stereocenters. The molecule has 3 fully saturated rings. The van der Waals surface area contributed by atoms with Crippen LogP contribution in [-0.4, -0.2) is 34.6 Å². The molecule has 1 heterocycles. The normalized spacial score (nSPS) is 65.9. The van der Waals surface area contributed by atoms with Crippen LogP contribution in [0.2, 0.25) is 0 Å². The molecule has 12 heavy (non-hydrogen) atoms. The molecule has 4 heteroatoms. The molecule has 2 aliphatic carbocycles. The Morgan fingerprint density at radius 1 is 1.08 bits per heavy atom. The third-order valence-corrected chi connectivity index (χ3v) is 3.31. The van der Waals surface area contributed by atoms with Gasteiger partial charge in [0.15, 0.2) is 0 Å². The second-order valence-electron chi connectivity index (χ2n) is 3.86. The summed E-state index contributed by atoms with van der Waals surface area (Å²) in [6, 6.07) is 2.11. The van der Waals surface area contributed by atoms with Gasteiger partial charge < -0.3 is 14.9 Å². The lowest BCUT2D eigenvalue weighted by atomic mass is 9.95. The van der Waals surface area contributed by atoms with Crippen molar-refractivity contribution >= 4 is 0 Å². The Morgan fingerprint density at radius 2 is 1.58 bits per heavy atom. The van der Waals surface area contributed by atoms with E-state index in [-0.39, 0.29) is 30.0 Å². The molecule has 0 bridgehead atoms. The number of nitrogens with zero attached hydrogens (tertiary/aromatic N) is 1. The minimum absolute atomic E-state index is 0.0336. The Labute approximate surface area is 69.4 Å². The molecule has 0 aromatic rings. The summed E-state index contributed by atoms with van der Waals surface area (Å²) in [6.07, 6.45) is -1.43. The summed E-state index contributed by atoms with van der Waals surface area (Å²) < 4.78 is 5.09. The molecular formula is C8H9NO3. The molecule has 4 nitrogen and oxygen atoms in total. The first-order valence-corrected chi connectivity index (χ1v) is 4.17. The molecule has 2 N–H and O–H groups in total. The smallest absolute Gasteiger partial charge is 0.113 e. The fraction of sp³-hybridized carbons (Fsp3) is 0.875. The van der Waals surface area contributed by atoms with Gasteiger partial charge >= 0.3 is 0 Å². The van der Waals surface area contributed by atoms with Gasteiger partial charge in [0.2, 0.25) is 0 Å². The third kappa shape index (κ3) is 0.589. The zero-order valence-corrected chi connectivity index (χ0v) is 6.29. The van der Waals surface area contributed by atoms with Gasteiger partial charge in [-0.1, -0.05) is 0 Å². The highest BCUT2D eigenvalue weighted by molar-refractivity contribution is 5.23. The number of nitriles is 1. The van der Waals surface area contributed by atoms with Crippen molar-refractivity contribution in [1.82, 2.24) is 0 Å². The number of fused-ring (bicyclic) bond motifs is 2. The van der Waals surface area contributed by atoms with E-state index >= 15 is 0 Å². The summed E-state index contributed by atoms with van der Waals surface area (Å²) in [5.74, 6) is -0.214. The van der Waals surface area contributed by atoms with Gasteiger partial charge in [0.25, 0.3) is 0 Å². The number of hydrogen-bond donors (Lipinski definition) is 2. The molecule has 64 valence electrons. The maximum Gasteiger partial charge on any atom is 0.113 e. The molecular weight excluding hydrogens is 158 g/mol. The van der Waals surface area contributed by atoms with Crippen molar-refractivity contribution in [3.8, 4) is 6.07 Å². The average Bonchev–Trinajstić information content (AvgIpc) is 2.92. The van der Waals surface area contributed by atoms with E-state index in [0.717, 1.165) is 0 Å². The first-order valence-electron chi connectivity index (χ1n) is 4.17. The van der Waals surface area contributed by atoms with Gasteiger partial charge in [0.1, 0.15) is 12.2 Å². The van der Waals surface area contributed by atoms with E-state index in [9.17, 15) is 10.2 Å². The lowest BCUT2D eigenvalue weighted by Gasteiger charge is -2.14.